The minimum atomic E-state index is -8.38. The molecule has 0 radical (unpaired) electrons. The van der Waals surface area contributed by atoms with Gasteiger partial charge in [0.1, 0.15) is 0 Å². The van der Waals surface area contributed by atoms with Crippen LogP contribution in [0.4, 0.5) is 74.6 Å². The number of halogens is 17. The Balaban J connectivity index is 6.22. The first-order valence-corrected chi connectivity index (χ1v) is 11.4. The molecule has 0 heterocycles. The maximum atomic E-state index is 13.9. The molecule has 0 aromatic heterocycles. The van der Waals surface area contributed by atoms with Gasteiger partial charge >= 0.3 is 44.3 Å². The fourth-order valence-corrected chi connectivity index (χ4v) is 4.50. The molecule has 3 atom stereocenters. The molecule has 21 heteroatoms. The lowest BCUT2D eigenvalue weighted by atomic mass is 9.87. The molecule has 0 aliphatic heterocycles. The lowest BCUT2D eigenvalue weighted by Crippen LogP contribution is -2.73. The SMILES string of the molecule is CO[Si](CCCC(F)C(F)(F)C(F)(F)C(F)(F)C(F)(F)C(F)(F)C(F)(F)C(F)C(F)C(F)F)(OC)OC. The molecular formula is C16H19F17O3Si. The van der Waals surface area contributed by atoms with Crippen molar-refractivity contribution in [2.45, 2.75) is 79.4 Å². The van der Waals surface area contributed by atoms with Crippen molar-refractivity contribution < 1.29 is 87.9 Å². The molecule has 0 aromatic rings. The molecule has 0 spiro atoms. The van der Waals surface area contributed by atoms with E-state index in [1.54, 1.807) is 0 Å². The Labute approximate surface area is 198 Å². The van der Waals surface area contributed by atoms with Gasteiger partial charge in [0, 0.05) is 27.4 Å². The third-order valence-electron chi connectivity index (χ3n) is 5.15. The summed E-state index contributed by atoms with van der Waals surface area (Å²) in [4.78, 5) is 0. The first kappa shape index (κ1) is 35.9. The van der Waals surface area contributed by atoms with E-state index in [1.807, 2.05) is 0 Å². The maximum Gasteiger partial charge on any atom is 0.500 e. The molecule has 0 rings (SSSR count). The predicted molar refractivity (Wildman–Crippen MR) is 91.2 cm³/mol. The van der Waals surface area contributed by atoms with Gasteiger partial charge in [0.05, 0.1) is 0 Å². The Hall–Kier alpha value is -1.09. The van der Waals surface area contributed by atoms with Gasteiger partial charge in [-0.1, -0.05) is 0 Å². The largest absolute Gasteiger partial charge is 0.500 e. The zero-order chi connectivity index (χ0) is 30.1. The number of hydrogen-bond acceptors (Lipinski definition) is 3. The van der Waals surface area contributed by atoms with Crippen molar-refractivity contribution >= 4 is 8.80 Å². The summed E-state index contributed by atoms with van der Waals surface area (Å²) in [5.74, 6) is -47.3. The highest BCUT2D eigenvalue weighted by Crippen LogP contribution is 2.61. The highest BCUT2D eigenvalue weighted by Gasteiger charge is 2.91. The Kier molecular flexibility index (Phi) is 11.2. The molecule has 0 bridgehead atoms. The second kappa shape index (κ2) is 11.6. The fraction of sp³-hybridized carbons (Fsp3) is 1.00. The third-order valence-corrected chi connectivity index (χ3v) is 7.99. The van der Waals surface area contributed by atoms with Crippen molar-refractivity contribution in [1.82, 2.24) is 0 Å². The van der Waals surface area contributed by atoms with Gasteiger partial charge < -0.3 is 13.3 Å². The van der Waals surface area contributed by atoms with E-state index in [0.717, 1.165) is 21.3 Å². The molecule has 0 aliphatic carbocycles. The van der Waals surface area contributed by atoms with E-state index in [1.165, 1.54) is 0 Å². The van der Waals surface area contributed by atoms with Crippen LogP contribution in [0.25, 0.3) is 0 Å². The third kappa shape index (κ3) is 5.92. The van der Waals surface area contributed by atoms with Crippen LogP contribution in [-0.2, 0) is 13.3 Å². The van der Waals surface area contributed by atoms with Crippen LogP contribution in [-0.4, -0.2) is 90.6 Å². The number of rotatable bonds is 16. The molecule has 0 saturated carbocycles. The van der Waals surface area contributed by atoms with E-state index < -0.39 is 88.2 Å². The van der Waals surface area contributed by atoms with Crippen LogP contribution in [0.15, 0.2) is 0 Å². The lowest BCUT2D eigenvalue weighted by Gasteiger charge is -2.42. The molecule has 3 nitrogen and oxygen atoms in total. The Morgan fingerprint density at radius 3 is 1.24 bits per heavy atom. The zero-order valence-corrected chi connectivity index (χ0v) is 19.6. The van der Waals surface area contributed by atoms with Crippen LogP contribution in [0.5, 0.6) is 0 Å². The normalized spacial score (nSPS) is 17.8. The summed E-state index contributed by atoms with van der Waals surface area (Å²) in [5, 5.41) is 0. The van der Waals surface area contributed by atoms with Crippen molar-refractivity contribution in [2.24, 2.45) is 0 Å². The minimum absolute atomic E-state index is 0.651. The van der Waals surface area contributed by atoms with Crippen LogP contribution >= 0.6 is 0 Å². The van der Waals surface area contributed by atoms with Crippen molar-refractivity contribution in [3.05, 3.63) is 0 Å². The van der Waals surface area contributed by atoms with Crippen molar-refractivity contribution in [3.63, 3.8) is 0 Å². The van der Waals surface area contributed by atoms with E-state index in [4.69, 9.17) is 13.3 Å². The summed E-state index contributed by atoms with van der Waals surface area (Å²) in [6, 6.07) is -0.651. The van der Waals surface area contributed by atoms with Gasteiger partial charge in [0.2, 0.25) is 6.17 Å². The molecule has 224 valence electrons. The molecule has 37 heavy (non-hydrogen) atoms. The summed E-state index contributed by atoms with van der Waals surface area (Å²) in [5.41, 5.74) is 0. The molecule has 0 fully saturated rings. The Morgan fingerprint density at radius 2 is 0.919 bits per heavy atom. The van der Waals surface area contributed by atoms with Crippen LogP contribution < -0.4 is 0 Å². The summed E-state index contributed by atoms with van der Waals surface area (Å²) >= 11 is 0. The quantitative estimate of drug-likeness (QED) is 0.143. The standard InChI is InChI=1S/C16H19F17O3Si/c1-34-37(35-2,36-3)6-4-5-7(17)11(22,23)13(26,27)15(30,31)16(32,33)14(28,29)12(24,25)9(19)8(18)10(20)21/h7-10H,4-6H2,1-3H3. The second-order valence-corrected chi connectivity index (χ2v) is 10.5. The predicted octanol–water partition coefficient (Wildman–Crippen LogP) is 6.74. The first-order chi connectivity index (χ1) is 16.3. The monoisotopic (exact) mass is 610 g/mol. The minimum Gasteiger partial charge on any atom is -0.377 e. The van der Waals surface area contributed by atoms with Crippen LogP contribution in [0.1, 0.15) is 12.8 Å². The summed E-state index contributed by atoms with van der Waals surface area (Å²) < 4.78 is 242. The fourth-order valence-electron chi connectivity index (χ4n) is 2.75. The first-order valence-electron chi connectivity index (χ1n) is 9.45. The van der Waals surface area contributed by atoms with E-state index in [-0.39, 0.29) is 0 Å². The lowest BCUT2D eigenvalue weighted by molar-refractivity contribution is -0.434. The van der Waals surface area contributed by atoms with Gasteiger partial charge in [-0.25, -0.2) is 22.0 Å². The molecule has 0 saturated heterocycles. The van der Waals surface area contributed by atoms with Gasteiger partial charge in [-0.3, -0.25) is 0 Å². The van der Waals surface area contributed by atoms with Crippen molar-refractivity contribution in [1.29, 1.82) is 0 Å². The highest BCUT2D eigenvalue weighted by atomic mass is 28.4. The molecule has 0 N–H and O–H groups in total. The summed E-state index contributed by atoms with van der Waals surface area (Å²) in [6.45, 7) is 0. The average molecular weight is 610 g/mol. The Bertz CT molecular complexity index is 723. The number of alkyl halides is 17. The van der Waals surface area contributed by atoms with Crippen LogP contribution in [0.3, 0.4) is 0 Å². The maximum absolute atomic E-state index is 13.9. The zero-order valence-electron chi connectivity index (χ0n) is 18.6. The van der Waals surface area contributed by atoms with E-state index in [9.17, 15) is 74.6 Å². The van der Waals surface area contributed by atoms with Gasteiger partial charge in [0.15, 0.2) is 12.3 Å². The second-order valence-electron chi connectivity index (χ2n) is 7.38. The van der Waals surface area contributed by atoms with E-state index >= 15 is 0 Å². The topological polar surface area (TPSA) is 27.7 Å². The Morgan fingerprint density at radius 1 is 0.568 bits per heavy atom. The van der Waals surface area contributed by atoms with Gasteiger partial charge in [-0.2, -0.15) is 52.7 Å². The summed E-state index contributed by atoms with van der Waals surface area (Å²) in [6.07, 6.45) is -23.0. The smallest absolute Gasteiger partial charge is 0.377 e. The molecule has 3 unspecified atom stereocenters. The number of hydrogen-bond donors (Lipinski definition) is 0. The van der Waals surface area contributed by atoms with Crippen molar-refractivity contribution in [2.75, 3.05) is 21.3 Å². The molecule has 0 aromatic carbocycles. The molecular weight excluding hydrogens is 591 g/mol. The van der Waals surface area contributed by atoms with Gasteiger partial charge in [-0.15, -0.1) is 0 Å². The van der Waals surface area contributed by atoms with Gasteiger partial charge in [-0.05, 0) is 12.8 Å². The average Bonchev–Trinajstić information content (AvgIpc) is 2.80. The molecule has 0 amide bonds. The van der Waals surface area contributed by atoms with Crippen molar-refractivity contribution in [3.8, 4) is 0 Å². The molecule has 0 aliphatic rings. The van der Waals surface area contributed by atoms with Crippen LogP contribution in [0, 0.1) is 0 Å². The van der Waals surface area contributed by atoms with E-state index in [0.29, 0.717) is 0 Å². The summed E-state index contributed by atoms with van der Waals surface area (Å²) in [7, 11) is -0.860. The van der Waals surface area contributed by atoms with Crippen LogP contribution in [0.2, 0.25) is 6.04 Å². The van der Waals surface area contributed by atoms with E-state index in [2.05, 4.69) is 0 Å². The highest BCUT2D eigenvalue weighted by molar-refractivity contribution is 6.60. The van der Waals surface area contributed by atoms with Gasteiger partial charge in [0.25, 0.3) is 6.43 Å².